The molecule has 0 radical (unpaired) electrons. The number of nitrogens with zero attached hydrogens (tertiary/aromatic N) is 2. The van der Waals surface area contributed by atoms with Crippen LogP contribution in [0.1, 0.15) is 5.82 Å². The minimum Gasteiger partial charge on any atom is -0.463 e. The first kappa shape index (κ1) is 10.8. The highest BCUT2D eigenvalue weighted by Crippen LogP contribution is 2.36. The molecule has 0 saturated heterocycles. The number of H-pyrrole nitrogens is 1. The molecule has 0 aliphatic heterocycles. The van der Waals surface area contributed by atoms with Gasteiger partial charge in [-0.2, -0.15) is 0 Å². The highest BCUT2D eigenvalue weighted by molar-refractivity contribution is 9.10. The number of nitrogens with one attached hydrogen (secondary N) is 1. The van der Waals surface area contributed by atoms with Crippen molar-refractivity contribution in [3.05, 3.63) is 33.8 Å². The molecule has 0 unspecified atom stereocenters. The standard InChI is InChI=1S/C11H7BrClN3O/c1-5-14-9(6-3-2-4-17-6)7-8(12)10(13)16-11(7)15-5/h2-4H,1H3,(H,14,15,16). The fraction of sp³-hybridized carbons (Fsp3) is 0.0909. The molecule has 1 N–H and O–H groups in total. The second-order valence-corrected chi connectivity index (χ2v) is 4.74. The molecule has 0 atom stereocenters. The zero-order chi connectivity index (χ0) is 12.0. The van der Waals surface area contributed by atoms with Gasteiger partial charge in [0.2, 0.25) is 0 Å². The van der Waals surface area contributed by atoms with Gasteiger partial charge < -0.3 is 9.40 Å². The monoisotopic (exact) mass is 311 g/mol. The predicted molar refractivity (Wildman–Crippen MR) is 69.0 cm³/mol. The molecule has 0 aliphatic rings. The van der Waals surface area contributed by atoms with E-state index in [9.17, 15) is 0 Å². The zero-order valence-electron chi connectivity index (χ0n) is 8.79. The van der Waals surface area contributed by atoms with Crippen LogP contribution in [-0.4, -0.2) is 15.0 Å². The summed E-state index contributed by atoms with van der Waals surface area (Å²) in [6.07, 6.45) is 1.61. The second-order valence-electron chi connectivity index (χ2n) is 3.57. The van der Waals surface area contributed by atoms with Crippen LogP contribution in [0.2, 0.25) is 5.15 Å². The number of aromatic nitrogens is 3. The summed E-state index contributed by atoms with van der Waals surface area (Å²) in [4.78, 5) is 11.7. The van der Waals surface area contributed by atoms with Gasteiger partial charge in [0.25, 0.3) is 0 Å². The van der Waals surface area contributed by atoms with Crippen molar-refractivity contribution in [2.75, 3.05) is 0 Å². The third-order valence-corrected chi connectivity index (χ3v) is 3.72. The summed E-state index contributed by atoms with van der Waals surface area (Å²) in [5.74, 6) is 1.35. The molecule has 0 saturated carbocycles. The molecule has 17 heavy (non-hydrogen) atoms. The average Bonchev–Trinajstić information content (AvgIpc) is 2.88. The van der Waals surface area contributed by atoms with E-state index in [4.69, 9.17) is 16.0 Å². The molecular formula is C11H7BrClN3O. The molecule has 0 aliphatic carbocycles. The molecule has 3 aromatic heterocycles. The highest BCUT2D eigenvalue weighted by Gasteiger charge is 2.17. The first-order chi connectivity index (χ1) is 8.16. The van der Waals surface area contributed by atoms with Crippen molar-refractivity contribution in [2.24, 2.45) is 0 Å². The Balaban J connectivity index is 2.44. The van der Waals surface area contributed by atoms with Crippen LogP contribution >= 0.6 is 27.5 Å². The van der Waals surface area contributed by atoms with Gasteiger partial charge in [-0.15, -0.1) is 0 Å². The van der Waals surface area contributed by atoms with E-state index in [2.05, 4.69) is 30.9 Å². The van der Waals surface area contributed by atoms with Gasteiger partial charge in [-0.3, -0.25) is 0 Å². The lowest BCUT2D eigenvalue weighted by Gasteiger charge is -2.00. The molecule has 3 aromatic rings. The predicted octanol–water partition coefficient (Wildman–Crippen LogP) is 3.94. The van der Waals surface area contributed by atoms with Crippen LogP contribution in [0.3, 0.4) is 0 Å². The Morgan fingerprint density at radius 3 is 2.94 bits per heavy atom. The van der Waals surface area contributed by atoms with Gasteiger partial charge in [-0.05, 0) is 35.0 Å². The van der Waals surface area contributed by atoms with Gasteiger partial charge in [0.15, 0.2) is 5.76 Å². The van der Waals surface area contributed by atoms with Crippen molar-refractivity contribution in [3.8, 4) is 11.5 Å². The summed E-state index contributed by atoms with van der Waals surface area (Å²) in [5, 5.41) is 1.34. The zero-order valence-corrected chi connectivity index (χ0v) is 11.1. The number of hydrogen-bond acceptors (Lipinski definition) is 3. The van der Waals surface area contributed by atoms with Crippen LogP contribution in [0, 0.1) is 6.92 Å². The molecule has 6 heteroatoms. The molecular weight excluding hydrogens is 305 g/mol. The summed E-state index contributed by atoms with van der Waals surface area (Å²) in [7, 11) is 0. The minimum absolute atomic E-state index is 0.507. The number of furan rings is 1. The molecule has 0 aromatic carbocycles. The maximum atomic E-state index is 6.04. The fourth-order valence-corrected chi connectivity index (χ4v) is 2.39. The Hall–Kier alpha value is -1.33. The van der Waals surface area contributed by atoms with Crippen molar-refractivity contribution in [2.45, 2.75) is 6.92 Å². The minimum atomic E-state index is 0.507. The smallest absolute Gasteiger partial charge is 0.153 e. The van der Waals surface area contributed by atoms with Crippen molar-refractivity contribution in [3.63, 3.8) is 0 Å². The van der Waals surface area contributed by atoms with Crippen molar-refractivity contribution in [1.82, 2.24) is 15.0 Å². The van der Waals surface area contributed by atoms with Crippen molar-refractivity contribution in [1.29, 1.82) is 0 Å². The van der Waals surface area contributed by atoms with Crippen molar-refractivity contribution < 1.29 is 4.42 Å². The van der Waals surface area contributed by atoms with Crippen LogP contribution < -0.4 is 0 Å². The molecule has 3 heterocycles. The summed E-state index contributed by atoms with van der Waals surface area (Å²) in [5.41, 5.74) is 1.42. The van der Waals surface area contributed by atoms with Crippen molar-refractivity contribution >= 4 is 38.6 Å². The molecule has 0 bridgehead atoms. The lowest BCUT2D eigenvalue weighted by Crippen LogP contribution is -1.92. The number of fused-ring (bicyclic) bond motifs is 1. The molecule has 0 fully saturated rings. The summed E-state index contributed by atoms with van der Waals surface area (Å²) < 4.78 is 6.13. The SMILES string of the molecule is Cc1nc(-c2ccco2)c2c(Br)c(Cl)[nH]c2n1. The van der Waals surface area contributed by atoms with Crippen LogP contribution in [-0.2, 0) is 0 Å². The van der Waals surface area contributed by atoms with Crippen LogP contribution in [0.5, 0.6) is 0 Å². The van der Waals surface area contributed by atoms with Crippen LogP contribution in [0.4, 0.5) is 0 Å². The number of hydrogen-bond donors (Lipinski definition) is 1. The third kappa shape index (κ3) is 1.66. The Morgan fingerprint density at radius 1 is 1.41 bits per heavy atom. The first-order valence-electron chi connectivity index (χ1n) is 4.92. The largest absolute Gasteiger partial charge is 0.463 e. The Morgan fingerprint density at radius 2 is 2.24 bits per heavy atom. The fourth-order valence-electron chi connectivity index (χ4n) is 1.73. The van der Waals surface area contributed by atoms with Gasteiger partial charge in [-0.1, -0.05) is 11.6 Å². The number of halogens is 2. The summed E-state index contributed by atoms with van der Waals surface area (Å²) >= 11 is 9.46. The Kier molecular flexibility index (Phi) is 2.45. The molecule has 0 spiro atoms. The lowest BCUT2D eigenvalue weighted by molar-refractivity contribution is 0.580. The topological polar surface area (TPSA) is 54.7 Å². The van der Waals surface area contributed by atoms with E-state index in [1.807, 2.05) is 19.1 Å². The summed E-state index contributed by atoms with van der Waals surface area (Å²) in [6, 6.07) is 3.68. The quantitative estimate of drug-likeness (QED) is 0.740. The van der Waals surface area contributed by atoms with E-state index in [1.165, 1.54) is 0 Å². The normalized spacial score (nSPS) is 11.2. The molecule has 0 amide bonds. The van der Waals surface area contributed by atoms with Gasteiger partial charge in [0.1, 0.15) is 22.3 Å². The first-order valence-corrected chi connectivity index (χ1v) is 6.09. The van der Waals surface area contributed by atoms with E-state index in [-0.39, 0.29) is 0 Å². The maximum absolute atomic E-state index is 6.04. The van der Waals surface area contributed by atoms with E-state index < -0.39 is 0 Å². The highest BCUT2D eigenvalue weighted by atomic mass is 79.9. The van der Waals surface area contributed by atoms with Crippen LogP contribution in [0.15, 0.2) is 27.3 Å². The Labute approximate surface area is 110 Å². The number of rotatable bonds is 1. The molecule has 86 valence electrons. The van der Waals surface area contributed by atoms with Gasteiger partial charge in [0, 0.05) is 0 Å². The molecule has 3 rings (SSSR count). The second kappa shape index (κ2) is 3.85. The average molecular weight is 313 g/mol. The van der Waals surface area contributed by atoms with E-state index in [1.54, 1.807) is 6.26 Å². The van der Waals surface area contributed by atoms with E-state index in [0.717, 1.165) is 15.6 Å². The molecule has 4 nitrogen and oxygen atoms in total. The van der Waals surface area contributed by atoms with E-state index >= 15 is 0 Å². The van der Waals surface area contributed by atoms with Crippen LogP contribution in [0.25, 0.3) is 22.5 Å². The summed E-state index contributed by atoms with van der Waals surface area (Å²) in [6.45, 7) is 1.83. The van der Waals surface area contributed by atoms with Gasteiger partial charge in [0.05, 0.1) is 16.1 Å². The van der Waals surface area contributed by atoms with Gasteiger partial charge >= 0.3 is 0 Å². The number of aromatic amines is 1. The lowest BCUT2D eigenvalue weighted by atomic mass is 10.2. The third-order valence-electron chi connectivity index (χ3n) is 2.42. The number of aryl methyl sites for hydroxylation is 1. The van der Waals surface area contributed by atoms with Gasteiger partial charge in [-0.25, -0.2) is 9.97 Å². The van der Waals surface area contributed by atoms with E-state index in [0.29, 0.717) is 22.4 Å². The maximum Gasteiger partial charge on any atom is 0.153 e. The Bertz CT molecular complexity index is 690.